The van der Waals surface area contributed by atoms with Crippen LogP contribution in [0.5, 0.6) is 5.75 Å². The lowest BCUT2D eigenvalue weighted by Crippen LogP contribution is -2.45. The number of rotatable bonds is 3. The van der Waals surface area contributed by atoms with Crippen molar-refractivity contribution in [3.8, 4) is 5.75 Å². The van der Waals surface area contributed by atoms with Crippen LogP contribution in [0, 0.1) is 5.92 Å². The summed E-state index contributed by atoms with van der Waals surface area (Å²) in [5.74, 6) is 1.06. The number of carbonyl (C=O) groups is 1. The molecule has 3 atom stereocenters. The highest BCUT2D eigenvalue weighted by Gasteiger charge is 2.43. The molecule has 0 fully saturated rings. The van der Waals surface area contributed by atoms with E-state index >= 15 is 0 Å². The number of hydrogen-bond acceptors (Lipinski definition) is 4. The SMILES string of the molecule is CCOc1cccc2c1N[C@H](C(=O)OC(C)(C)C)[C@@H]1CC=C[C@H]21. The van der Waals surface area contributed by atoms with Gasteiger partial charge in [-0.25, -0.2) is 4.79 Å². The minimum Gasteiger partial charge on any atom is -0.492 e. The van der Waals surface area contributed by atoms with Gasteiger partial charge in [0, 0.05) is 11.8 Å². The number of esters is 1. The molecule has 0 bridgehead atoms. The summed E-state index contributed by atoms with van der Waals surface area (Å²) in [4.78, 5) is 12.7. The molecule has 1 heterocycles. The molecular weight excluding hydrogens is 290 g/mol. The van der Waals surface area contributed by atoms with Crippen LogP contribution in [0.4, 0.5) is 5.69 Å². The smallest absolute Gasteiger partial charge is 0.329 e. The van der Waals surface area contributed by atoms with E-state index in [4.69, 9.17) is 9.47 Å². The van der Waals surface area contributed by atoms with E-state index in [-0.39, 0.29) is 23.8 Å². The third-order valence-electron chi connectivity index (χ3n) is 4.32. The van der Waals surface area contributed by atoms with Crippen molar-refractivity contribution in [2.75, 3.05) is 11.9 Å². The van der Waals surface area contributed by atoms with Crippen LogP contribution in [0.3, 0.4) is 0 Å². The molecule has 1 aliphatic carbocycles. The van der Waals surface area contributed by atoms with Crippen LogP contribution in [0.25, 0.3) is 0 Å². The second-order valence-electron chi connectivity index (χ2n) is 7.16. The van der Waals surface area contributed by atoms with E-state index in [0.29, 0.717) is 6.61 Å². The van der Waals surface area contributed by atoms with Gasteiger partial charge in [-0.1, -0.05) is 24.3 Å². The van der Waals surface area contributed by atoms with E-state index in [1.165, 1.54) is 5.56 Å². The van der Waals surface area contributed by atoms with E-state index in [9.17, 15) is 4.79 Å². The molecule has 1 aromatic rings. The standard InChI is InChI=1S/C19H25NO3/c1-5-22-15-11-7-10-13-12-8-6-9-14(12)17(20-16(13)15)18(21)23-19(2,3)4/h6-8,10-12,14,17,20H,5,9H2,1-4H3/t12-,14-,17+/m1/s1. The van der Waals surface area contributed by atoms with Crippen LogP contribution < -0.4 is 10.1 Å². The third kappa shape index (κ3) is 3.07. The van der Waals surface area contributed by atoms with E-state index in [1.54, 1.807) is 0 Å². The second-order valence-corrected chi connectivity index (χ2v) is 7.16. The predicted octanol–water partition coefficient (Wildman–Crippen LogP) is 3.88. The van der Waals surface area contributed by atoms with Gasteiger partial charge in [-0.05, 0) is 45.7 Å². The van der Waals surface area contributed by atoms with Crippen molar-refractivity contribution in [3.63, 3.8) is 0 Å². The van der Waals surface area contributed by atoms with Gasteiger partial charge < -0.3 is 14.8 Å². The fraction of sp³-hybridized carbons (Fsp3) is 0.526. The Morgan fingerprint density at radius 1 is 1.35 bits per heavy atom. The Hall–Kier alpha value is -1.97. The molecule has 124 valence electrons. The lowest BCUT2D eigenvalue weighted by Gasteiger charge is -2.37. The summed E-state index contributed by atoms with van der Waals surface area (Å²) in [5.41, 5.74) is 1.65. The van der Waals surface area contributed by atoms with Gasteiger partial charge in [-0.3, -0.25) is 0 Å². The van der Waals surface area contributed by atoms with E-state index in [2.05, 4.69) is 23.5 Å². The van der Waals surface area contributed by atoms with Gasteiger partial charge in [0.25, 0.3) is 0 Å². The fourth-order valence-corrected chi connectivity index (χ4v) is 3.47. The van der Waals surface area contributed by atoms with Gasteiger partial charge in [-0.2, -0.15) is 0 Å². The first-order valence-corrected chi connectivity index (χ1v) is 8.32. The van der Waals surface area contributed by atoms with Crippen molar-refractivity contribution in [3.05, 3.63) is 35.9 Å². The summed E-state index contributed by atoms with van der Waals surface area (Å²) in [6, 6.07) is 5.73. The Bertz CT molecular complexity index is 630. The van der Waals surface area contributed by atoms with Crippen molar-refractivity contribution in [1.82, 2.24) is 0 Å². The zero-order chi connectivity index (χ0) is 16.6. The molecule has 0 unspecified atom stereocenters. The number of nitrogens with one attached hydrogen (secondary N) is 1. The number of ether oxygens (including phenoxy) is 2. The summed E-state index contributed by atoms with van der Waals surface area (Å²) < 4.78 is 11.4. The maximum absolute atomic E-state index is 12.7. The first kappa shape index (κ1) is 15.9. The molecule has 0 saturated heterocycles. The number of anilines is 1. The number of fused-ring (bicyclic) bond motifs is 3. The largest absolute Gasteiger partial charge is 0.492 e. The van der Waals surface area contributed by atoms with E-state index < -0.39 is 5.60 Å². The maximum atomic E-state index is 12.7. The molecule has 1 aromatic carbocycles. The van der Waals surface area contributed by atoms with Crippen LogP contribution in [-0.2, 0) is 9.53 Å². The monoisotopic (exact) mass is 315 g/mol. The Morgan fingerprint density at radius 2 is 2.13 bits per heavy atom. The van der Waals surface area contributed by atoms with Crippen molar-refractivity contribution >= 4 is 11.7 Å². The zero-order valence-electron chi connectivity index (χ0n) is 14.3. The Balaban J connectivity index is 1.95. The van der Waals surface area contributed by atoms with Gasteiger partial charge in [0.1, 0.15) is 17.4 Å². The number of carbonyl (C=O) groups excluding carboxylic acids is 1. The summed E-state index contributed by atoms with van der Waals surface area (Å²) in [6.45, 7) is 8.26. The molecule has 0 aromatic heterocycles. The first-order chi connectivity index (χ1) is 10.9. The Labute approximate surface area is 137 Å². The average molecular weight is 315 g/mol. The quantitative estimate of drug-likeness (QED) is 0.679. The fourth-order valence-electron chi connectivity index (χ4n) is 3.47. The van der Waals surface area contributed by atoms with Crippen LogP contribution in [0.2, 0.25) is 0 Å². The Kier molecular flexibility index (Phi) is 4.09. The highest BCUT2D eigenvalue weighted by Crippen LogP contribution is 2.48. The summed E-state index contributed by atoms with van der Waals surface area (Å²) in [5, 5.41) is 3.40. The number of benzene rings is 1. The molecule has 4 heteroatoms. The van der Waals surface area contributed by atoms with Crippen LogP contribution in [0.15, 0.2) is 30.4 Å². The molecule has 23 heavy (non-hydrogen) atoms. The van der Waals surface area contributed by atoms with E-state index in [1.807, 2.05) is 39.8 Å². The van der Waals surface area contributed by atoms with Gasteiger partial charge >= 0.3 is 5.97 Å². The zero-order valence-corrected chi connectivity index (χ0v) is 14.3. The molecule has 4 nitrogen and oxygen atoms in total. The van der Waals surface area contributed by atoms with Crippen LogP contribution >= 0.6 is 0 Å². The molecule has 0 saturated carbocycles. The molecule has 1 N–H and O–H groups in total. The number of allylic oxidation sites excluding steroid dienone is 2. The molecule has 0 amide bonds. The van der Waals surface area contributed by atoms with Gasteiger partial charge in [0.2, 0.25) is 0 Å². The van der Waals surface area contributed by atoms with Crippen LogP contribution in [-0.4, -0.2) is 24.2 Å². The average Bonchev–Trinajstić information content (AvgIpc) is 2.94. The Morgan fingerprint density at radius 3 is 2.83 bits per heavy atom. The van der Waals surface area contributed by atoms with Crippen molar-refractivity contribution in [1.29, 1.82) is 0 Å². The molecular formula is C19H25NO3. The van der Waals surface area contributed by atoms with Gasteiger partial charge in [-0.15, -0.1) is 0 Å². The number of para-hydroxylation sites is 1. The normalized spacial score (nSPS) is 25.3. The number of hydrogen-bond donors (Lipinski definition) is 1. The third-order valence-corrected chi connectivity index (χ3v) is 4.32. The summed E-state index contributed by atoms with van der Waals surface area (Å²) in [7, 11) is 0. The summed E-state index contributed by atoms with van der Waals surface area (Å²) >= 11 is 0. The summed E-state index contributed by atoms with van der Waals surface area (Å²) in [6.07, 6.45) is 5.26. The highest BCUT2D eigenvalue weighted by molar-refractivity contribution is 5.84. The molecule has 2 aliphatic rings. The minimum atomic E-state index is -0.486. The highest BCUT2D eigenvalue weighted by atomic mass is 16.6. The predicted molar refractivity (Wildman–Crippen MR) is 90.9 cm³/mol. The topological polar surface area (TPSA) is 47.6 Å². The van der Waals surface area contributed by atoms with Crippen LogP contribution in [0.1, 0.15) is 45.6 Å². The molecule has 1 aliphatic heterocycles. The van der Waals surface area contributed by atoms with E-state index in [0.717, 1.165) is 17.9 Å². The lowest BCUT2D eigenvalue weighted by molar-refractivity contribution is -0.157. The molecule has 3 rings (SSSR count). The molecule has 0 spiro atoms. The lowest BCUT2D eigenvalue weighted by atomic mass is 9.79. The second kappa shape index (κ2) is 5.91. The minimum absolute atomic E-state index is 0.187. The van der Waals surface area contributed by atoms with Crippen molar-refractivity contribution < 1.29 is 14.3 Å². The first-order valence-electron chi connectivity index (χ1n) is 8.32. The van der Waals surface area contributed by atoms with Crippen molar-refractivity contribution in [2.24, 2.45) is 5.92 Å². The maximum Gasteiger partial charge on any atom is 0.329 e. The van der Waals surface area contributed by atoms with Gasteiger partial charge in [0.15, 0.2) is 0 Å². The van der Waals surface area contributed by atoms with Crippen molar-refractivity contribution in [2.45, 2.75) is 51.7 Å². The van der Waals surface area contributed by atoms with Gasteiger partial charge in [0.05, 0.1) is 12.3 Å². The molecule has 0 radical (unpaired) electrons.